The van der Waals surface area contributed by atoms with Crippen LogP contribution in [-0.2, 0) is 7.05 Å². The molecule has 0 spiro atoms. The van der Waals surface area contributed by atoms with Gasteiger partial charge in [0.05, 0.1) is 0 Å². The van der Waals surface area contributed by atoms with Crippen LogP contribution >= 0.6 is 0 Å². The van der Waals surface area contributed by atoms with Gasteiger partial charge in [-0.1, -0.05) is 0 Å². The van der Waals surface area contributed by atoms with Gasteiger partial charge in [0.15, 0.2) is 0 Å². The summed E-state index contributed by atoms with van der Waals surface area (Å²) in [5.74, 6) is 7.34. The van der Waals surface area contributed by atoms with Gasteiger partial charge in [-0.25, -0.2) is 0 Å². The van der Waals surface area contributed by atoms with Gasteiger partial charge in [0.2, 0.25) is 0 Å². The molecule has 2 aromatic rings. The van der Waals surface area contributed by atoms with Crippen molar-refractivity contribution in [2.24, 2.45) is 7.05 Å². The van der Waals surface area contributed by atoms with Crippen molar-refractivity contribution in [3.05, 3.63) is 47.7 Å². The van der Waals surface area contributed by atoms with Crippen LogP contribution in [0.15, 0.2) is 36.5 Å². The first kappa shape index (κ1) is 14.3. The molecule has 2 rings (SSSR count). The van der Waals surface area contributed by atoms with Gasteiger partial charge in [0.25, 0.3) is 0 Å². The molecule has 0 saturated carbocycles. The molecule has 0 aliphatic carbocycles. The molecule has 19 heavy (non-hydrogen) atoms. The van der Waals surface area contributed by atoms with Crippen molar-refractivity contribution in [3.8, 4) is 11.3 Å². The Labute approximate surface area is 119 Å². The summed E-state index contributed by atoms with van der Waals surface area (Å²) >= 11 is -1.77. The monoisotopic (exact) mass is 316 g/mol. The summed E-state index contributed by atoms with van der Waals surface area (Å²) in [5, 5.41) is 0. The summed E-state index contributed by atoms with van der Waals surface area (Å²) in [6.07, 6.45) is 2.21. The van der Waals surface area contributed by atoms with Gasteiger partial charge in [-0.05, 0) is 0 Å². The van der Waals surface area contributed by atoms with Crippen LogP contribution in [0.25, 0.3) is 11.3 Å². The van der Waals surface area contributed by atoms with E-state index in [1.807, 2.05) is 0 Å². The zero-order valence-corrected chi connectivity index (χ0v) is 15.0. The van der Waals surface area contributed by atoms with Gasteiger partial charge in [-0.3, -0.25) is 0 Å². The van der Waals surface area contributed by atoms with E-state index in [0.29, 0.717) is 0 Å². The molecule has 0 unspecified atom stereocenters. The molecule has 1 nitrogen and oxygen atoms in total. The number of rotatable bonds is 2. The average Bonchev–Trinajstić information content (AvgIpc) is 2.32. The molecule has 0 bridgehead atoms. The number of aromatic nitrogens is 1. The summed E-state index contributed by atoms with van der Waals surface area (Å²) in [6, 6.07) is 11.4. The van der Waals surface area contributed by atoms with Gasteiger partial charge >= 0.3 is 119 Å². The van der Waals surface area contributed by atoms with E-state index in [-0.39, 0.29) is 0 Å². The topological polar surface area (TPSA) is 3.88 Å². The van der Waals surface area contributed by atoms with E-state index in [0.717, 1.165) is 0 Å². The quantitative estimate of drug-likeness (QED) is 0.591. The second-order valence-electron chi connectivity index (χ2n) is 6.48. The number of hydrogen-bond donors (Lipinski definition) is 0. The van der Waals surface area contributed by atoms with Crippen LogP contribution < -0.4 is 8.96 Å². The maximum atomic E-state index is 2.45. The fraction of sp³-hybridized carbons (Fsp3) is 0.353. The van der Waals surface area contributed by atoms with Crippen LogP contribution in [0, 0.1) is 13.8 Å². The zero-order valence-electron chi connectivity index (χ0n) is 12.9. The summed E-state index contributed by atoms with van der Waals surface area (Å²) in [4.78, 5) is 0. The van der Waals surface area contributed by atoms with Crippen molar-refractivity contribution in [3.63, 3.8) is 0 Å². The molecule has 0 fully saturated rings. The third kappa shape index (κ3) is 3.09. The van der Waals surface area contributed by atoms with Crippen LogP contribution in [0.5, 0.6) is 0 Å². The standard InChI is InChI=1S/C17H24GeN/c1-13-7-8-14(2)16(11-13)17-12-15(18(3,4)5)9-10-19(17)6/h7-12H,1-6H3/q+1. The Hall–Kier alpha value is -1.09. The van der Waals surface area contributed by atoms with E-state index >= 15 is 0 Å². The molecule has 2 heteroatoms. The van der Waals surface area contributed by atoms with Crippen molar-refractivity contribution in [2.75, 3.05) is 0 Å². The number of benzene rings is 1. The molecule has 1 aromatic carbocycles. The molecule has 100 valence electrons. The fourth-order valence-corrected chi connectivity index (χ4v) is 4.72. The Morgan fingerprint density at radius 2 is 1.63 bits per heavy atom. The van der Waals surface area contributed by atoms with E-state index in [9.17, 15) is 0 Å². The van der Waals surface area contributed by atoms with Crippen molar-refractivity contribution in [1.82, 2.24) is 0 Å². The number of pyridine rings is 1. The Bertz CT molecular complexity index is 609. The SMILES string of the molecule is Cc1ccc(C)c(-c2c[c]([Ge]([CH3])([CH3])[CH3])cc[n+]2C)c1. The molecule has 0 aliphatic heterocycles. The van der Waals surface area contributed by atoms with Gasteiger partial charge in [-0.2, -0.15) is 0 Å². The molecular formula is C17H24GeN+. The van der Waals surface area contributed by atoms with Crippen molar-refractivity contribution in [1.29, 1.82) is 0 Å². The van der Waals surface area contributed by atoms with Gasteiger partial charge in [0, 0.05) is 0 Å². The Balaban J connectivity index is 2.64. The first-order chi connectivity index (χ1) is 8.79. The molecular weight excluding hydrogens is 291 g/mol. The van der Waals surface area contributed by atoms with Crippen LogP contribution in [0.2, 0.25) is 17.3 Å². The second-order valence-corrected chi connectivity index (χ2v) is 17.1. The van der Waals surface area contributed by atoms with E-state index in [4.69, 9.17) is 0 Å². The van der Waals surface area contributed by atoms with E-state index in [2.05, 4.69) is 79.3 Å². The minimum absolute atomic E-state index is 1.32. The zero-order chi connectivity index (χ0) is 14.2. The third-order valence-corrected chi connectivity index (χ3v) is 7.97. The van der Waals surface area contributed by atoms with Crippen molar-refractivity contribution < 1.29 is 4.57 Å². The predicted molar refractivity (Wildman–Crippen MR) is 85.5 cm³/mol. The Morgan fingerprint density at radius 3 is 2.26 bits per heavy atom. The van der Waals surface area contributed by atoms with Crippen LogP contribution in [0.1, 0.15) is 11.1 Å². The number of hydrogen-bond acceptors (Lipinski definition) is 0. The molecule has 0 aliphatic rings. The number of nitrogens with zero attached hydrogens (tertiary/aromatic N) is 1. The molecule has 0 radical (unpaired) electrons. The van der Waals surface area contributed by atoms with Crippen LogP contribution in [-0.4, -0.2) is 13.3 Å². The van der Waals surface area contributed by atoms with Crippen LogP contribution in [0.3, 0.4) is 0 Å². The number of aryl methyl sites for hydroxylation is 3. The maximum absolute atomic E-state index is 2.45. The van der Waals surface area contributed by atoms with Crippen LogP contribution in [0.4, 0.5) is 0 Å². The van der Waals surface area contributed by atoms with Gasteiger partial charge < -0.3 is 0 Å². The first-order valence-corrected chi connectivity index (χ1v) is 14.2. The summed E-state index contributed by atoms with van der Waals surface area (Å²) < 4.78 is 3.80. The molecule has 0 N–H and O–H groups in total. The van der Waals surface area contributed by atoms with E-state index in [1.165, 1.54) is 22.4 Å². The van der Waals surface area contributed by atoms with Crippen molar-refractivity contribution in [2.45, 2.75) is 31.1 Å². The molecule has 0 saturated heterocycles. The van der Waals surface area contributed by atoms with Crippen molar-refractivity contribution >= 4 is 17.7 Å². The van der Waals surface area contributed by atoms with E-state index < -0.39 is 13.3 Å². The van der Waals surface area contributed by atoms with E-state index in [1.54, 1.807) is 4.40 Å². The minimum atomic E-state index is -1.77. The molecule has 1 aromatic heterocycles. The predicted octanol–water partition coefficient (Wildman–Crippen LogP) is 3.34. The fourth-order valence-electron chi connectivity index (χ4n) is 2.32. The summed E-state index contributed by atoms with van der Waals surface area (Å²) in [6.45, 7) is 4.36. The normalized spacial score (nSPS) is 11.7. The first-order valence-electron chi connectivity index (χ1n) is 6.87. The van der Waals surface area contributed by atoms with Gasteiger partial charge in [0.1, 0.15) is 0 Å². The van der Waals surface area contributed by atoms with Gasteiger partial charge in [-0.15, -0.1) is 0 Å². The summed E-state index contributed by atoms with van der Waals surface area (Å²) in [5.41, 5.74) is 5.36. The summed E-state index contributed by atoms with van der Waals surface area (Å²) in [7, 11) is 2.14. The molecule has 0 atom stereocenters. The third-order valence-electron chi connectivity index (χ3n) is 3.68. The molecule has 0 amide bonds. The Kier molecular flexibility index (Phi) is 3.86. The Morgan fingerprint density at radius 1 is 0.947 bits per heavy atom. The molecule has 1 heterocycles. The average molecular weight is 315 g/mol. The second kappa shape index (κ2) is 5.12.